The molecule has 0 saturated heterocycles. The van der Waals surface area contributed by atoms with E-state index in [2.05, 4.69) is 15.3 Å². The lowest BCUT2D eigenvalue weighted by atomic mass is 9.92. The molecule has 0 aliphatic heterocycles. The topological polar surface area (TPSA) is 104 Å². The van der Waals surface area contributed by atoms with Crippen LogP contribution < -0.4 is 10.6 Å². The molecule has 1 atom stereocenters. The van der Waals surface area contributed by atoms with Crippen LogP contribution in [0.15, 0.2) is 35.5 Å². The summed E-state index contributed by atoms with van der Waals surface area (Å²) in [5.74, 6) is -6.85. The first kappa shape index (κ1) is 33.8. The Balaban J connectivity index is 2.37. The van der Waals surface area contributed by atoms with Gasteiger partial charge in [0.05, 0.1) is 23.4 Å². The van der Waals surface area contributed by atoms with Gasteiger partial charge in [-0.05, 0) is 49.2 Å². The molecular weight excluding hydrogens is 601 g/mol. The average molecular weight is 618 g/mol. The first-order chi connectivity index (χ1) is 19.1. The number of benzene rings is 2. The minimum atomic E-state index is -5.94. The largest absolute Gasteiger partial charge is 0.450 e. The fraction of sp³-hybridized carbons (Fsp3) is 0.333. The lowest BCUT2D eigenvalue weighted by Crippen LogP contribution is -2.44. The quantitative estimate of drug-likeness (QED) is 0.234. The number of rotatable bonds is 8. The van der Waals surface area contributed by atoms with Crippen LogP contribution in [-0.2, 0) is 21.4 Å². The number of nitriles is 1. The number of carbonyl (C=O) groups is 2. The Kier molecular flexibility index (Phi) is 9.82. The lowest BCUT2D eigenvalue weighted by Gasteiger charge is -2.28. The Morgan fingerprint density at radius 2 is 1.60 bits per heavy atom. The zero-order valence-electron chi connectivity index (χ0n) is 21.1. The molecule has 0 spiro atoms. The van der Waals surface area contributed by atoms with E-state index in [0.29, 0.717) is 6.07 Å². The highest BCUT2D eigenvalue weighted by molar-refractivity contribution is 6.01. The van der Waals surface area contributed by atoms with E-state index in [1.54, 1.807) is 0 Å². The standard InChI is InChI=1S/C24H17F11N4O3/c1-11-5-13(3-4-15(11)20(41)37-8-18(40)38-10-22(27,28)29)12(2)39-42-21(9-36,24(33,34)35)16-6-14(23(30,31)32)7-17(25)19(16)26/h3-7H,8,10H2,1-2H3,(H,37,41)(H,38,40)/b39-12+. The zero-order valence-corrected chi connectivity index (χ0v) is 21.1. The van der Waals surface area contributed by atoms with Gasteiger partial charge in [0.15, 0.2) is 11.6 Å². The van der Waals surface area contributed by atoms with Gasteiger partial charge in [-0.3, -0.25) is 9.59 Å². The van der Waals surface area contributed by atoms with Gasteiger partial charge in [0.25, 0.3) is 5.91 Å². The number of amides is 2. The number of hydrogen-bond acceptors (Lipinski definition) is 5. The minimum absolute atomic E-state index is 0.0725. The highest BCUT2D eigenvalue weighted by Crippen LogP contribution is 2.45. The van der Waals surface area contributed by atoms with Crippen LogP contribution in [-0.4, -0.2) is 43.0 Å². The first-order valence-corrected chi connectivity index (χ1v) is 11.1. The molecule has 2 rings (SSSR count). The van der Waals surface area contributed by atoms with Gasteiger partial charge in [-0.2, -0.15) is 44.8 Å². The minimum Gasteiger partial charge on any atom is -0.359 e. The molecule has 2 aromatic rings. The third kappa shape index (κ3) is 7.85. The molecule has 2 aromatic carbocycles. The molecule has 1 unspecified atom stereocenters. The SMILES string of the molecule is C/C(=N\OC(C#N)(c1cc(C(F)(F)F)cc(F)c1F)C(F)(F)F)c1ccc(C(=O)NCC(=O)NCC(F)(F)F)c(C)c1. The summed E-state index contributed by atoms with van der Waals surface area (Å²) < 4.78 is 146. The molecular formula is C24H17F11N4O3. The third-order valence-electron chi connectivity index (χ3n) is 5.40. The van der Waals surface area contributed by atoms with Crippen molar-refractivity contribution >= 4 is 17.5 Å². The third-order valence-corrected chi connectivity index (χ3v) is 5.40. The van der Waals surface area contributed by atoms with E-state index in [0.717, 1.165) is 25.1 Å². The van der Waals surface area contributed by atoms with Crippen molar-refractivity contribution in [2.24, 2.45) is 5.16 Å². The van der Waals surface area contributed by atoms with E-state index in [1.807, 2.05) is 0 Å². The van der Waals surface area contributed by atoms with Gasteiger partial charge in [0.1, 0.15) is 12.6 Å². The molecule has 0 heterocycles. The van der Waals surface area contributed by atoms with Crippen LogP contribution >= 0.6 is 0 Å². The number of aryl methyl sites for hydroxylation is 1. The van der Waals surface area contributed by atoms with E-state index in [9.17, 15) is 63.1 Å². The maximum absolute atomic E-state index is 14.4. The number of nitrogens with one attached hydrogen (secondary N) is 2. The number of nitrogens with zero attached hydrogens (tertiary/aromatic N) is 2. The second-order valence-electron chi connectivity index (χ2n) is 8.48. The lowest BCUT2D eigenvalue weighted by molar-refractivity contribution is -0.261. The van der Waals surface area contributed by atoms with Gasteiger partial charge in [0.2, 0.25) is 5.91 Å². The van der Waals surface area contributed by atoms with Crippen molar-refractivity contribution in [2.45, 2.75) is 38.0 Å². The maximum Gasteiger partial charge on any atom is 0.450 e. The molecule has 42 heavy (non-hydrogen) atoms. The van der Waals surface area contributed by atoms with Gasteiger partial charge in [-0.1, -0.05) is 11.2 Å². The molecule has 0 fully saturated rings. The fourth-order valence-corrected chi connectivity index (χ4v) is 3.26. The van der Waals surface area contributed by atoms with Crippen LogP contribution in [0.5, 0.6) is 0 Å². The number of halogens is 11. The van der Waals surface area contributed by atoms with E-state index >= 15 is 0 Å². The molecule has 18 heteroatoms. The second-order valence-corrected chi connectivity index (χ2v) is 8.48. The monoisotopic (exact) mass is 618 g/mol. The Morgan fingerprint density at radius 1 is 0.976 bits per heavy atom. The van der Waals surface area contributed by atoms with Crippen molar-refractivity contribution in [3.63, 3.8) is 0 Å². The van der Waals surface area contributed by atoms with Crippen LogP contribution in [0.1, 0.15) is 39.5 Å². The summed E-state index contributed by atoms with van der Waals surface area (Å²) in [5, 5.41) is 16.0. The molecule has 0 bridgehead atoms. The Bertz CT molecular complexity index is 1430. The molecule has 0 saturated carbocycles. The summed E-state index contributed by atoms with van der Waals surface area (Å²) in [6.07, 6.45) is -16.0. The second kappa shape index (κ2) is 12.2. The number of alkyl halides is 9. The van der Waals surface area contributed by atoms with Crippen molar-refractivity contribution in [1.82, 2.24) is 10.6 Å². The molecule has 0 aliphatic rings. The van der Waals surface area contributed by atoms with Crippen molar-refractivity contribution in [2.75, 3.05) is 13.1 Å². The average Bonchev–Trinajstić information content (AvgIpc) is 2.86. The van der Waals surface area contributed by atoms with Crippen LogP contribution in [0, 0.1) is 29.9 Å². The van der Waals surface area contributed by atoms with E-state index < -0.39 is 89.6 Å². The summed E-state index contributed by atoms with van der Waals surface area (Å²) in [6, 6.07) is 3.00. The summed E-state index contributed by atoms with van der Waals surface area (Å²) >= 11 is 0. The summed E-state index contributed by atoms with van der Waals surface area (Å²) in [7, 11) is 0. The van der Waals surface area contributed by atoms with Crippen LogP contribution in [0.4, 0.5) is 48.3 Å². The summed E-state index contributed by atoms with van der Waals surface area (Å²) in [6.45, 7) is -0.134. The van der Waals surface area contributed by atoms with Gasteiger partial charge in [0, 0.05) is 5.56 Å². The molecule has 0 aliphatic carbocycles. The van der Waals surface area contributed by atoms with Gasteiger partial charge in [-0.15, -0.1) is 0 Å². The van der Waals surface area contributed by atoms with Crippen LogP contribution in [0.3, 0.4) is 0 Å². The van der Waals surface area contributed by atoms with Gasteiger partial charge < -0.3 is 15.5 Å². The van der Waals surface area contributed by atoms with Crippen LogP contribution in [0.25, 0.3) is 0 Å². The maximum atomic E-state index is 14.4. The van der Waals surface area contributed by atoms with Gasteiger partial charge in [-0.25, -0.2) is 8.78 Å². The Labute approximate surface area is 228 Å². The first-order valence-electron chi connectivity index (χ1n) is 11.1. The molecule has 2 amide bonds. The Hall–Kier alpha value is -4.43. The van der Waals surface area contributed by atoms with Crippen molar-refractivity contribution in [3.05, 3.63) is 69.8 Å². The predicted octanol–water partition coefficient (Wildman–Crippen LogP) is 5.42. The van der Waals surface area contributed by atoms with E-state index in [4.69, 9.17) is 0 Å². The van der Waals surface area contributed by atoms with E-state index in [-0.39, 0.29) is 16.7 Å². The molecule has 0 aromatic heterocycles. The van der Waals surface area contributed by atoms with Crippen molar-refractivity contribution < 1.29 is 62.7 Å². The normalized spacial score (nSPS) is 14.0. The molecule has 228 valence electrons. The highest BCUT2D eigenvalue weighted by atomic mass is 19.4. The fourth-order valence-electron chi connectivity index (χ4n) is 3.26. The Morgan fingerprint density at radius 3 is 2.10 bits per heavy atom. The number of hydrogen-bond donors (Lipinski definition) is 2. The predicted molar refractivity (Wildman–Crippen MR) is 121 cm³/mol. The molecule has 7 nitrogen and oxygen atoms in total. The highest BCUT2D eigenvalue weighted by Gasteiger charge is 2.63. The molecule has 0 radical (unpaired) electrons. The van der Waals surface area contributed by atoms with E-state index in [1.165, 1.54) is 12.2 Å². The van der Waals surface area contributed by atoms with Crippen molar-refractivity contribution in [1.29, 1.82) is 5.26 Å². The number of carbonyl (C=O) groups excluding carboxylic acids is 2. The number of oxime groups is 1. The summed E-state index contributed by atoms with van der Waals surface area (Å²) in [5.41, 5.74) is -9.26. The smallest absolute Gasteiger partial charge is 0.359 e. The molecule has 2 N–H and O–H groups in total. The summed E-state index contributed by atoms with van der Waals surface area (Å²) in [4.78, 5) is 28.1. The zero-order chi connectivity index (χ0) is 32.3. The van der Waals surface area contributed by atoms with Crippen LogP contribution in [0.2, 0.25) is 0 Å². The van der Waals surface area contributed by atoms with Gasteiger partial charge >= 0.3 is 24.1 Å². The van der Waals surface area contributed by atoms with Crippen molar-refractivity contribution in [3.8, 4) is 6.07 Å².